The second-order valence-corrected chi connectivity index (χ2v) is 24.1. The van der Waals surface area contributed by atoms with Crippen molar-refractivity contribution in [3.8, 4) is 0 Å². The molecule has 0 aromatic carbocycles. The Labute approximate surface area is 431 Å². The zero-order chi connectivity index (χ0) is 55.0. The summed E-state index contributed by atoms with van der Waals surface area (Å²) >= 11 is 0.967. The highest BCUT2D eigenvalue weighted by Crippen LogP contribution is 2.61. The molecule has 2 aromatic rings. The molecule has 0 bridgehead atoms. The highest BCUT2D eigenvalue weighted by molar-refractivity contribution is 8.13. The highest BCUT2D eigenvalue weighted by atomic mass is 32.2. The molecule has 2 aliphatic rings. The Hall–Kier alpha value is -2.64. The fourth-order valence-corrected chi connectivity index (χ4v) is 11.3. The molecule has 33 heteroatoms. The monoisotopic (exact) mass is 1140 g/mol. The molecule has 2 saturated heterocycles. The van der Waals surface area contributed by atoms with Gasteiger partial charge in [0, 0.05) is 43.5 Å². The normalized spacial score (nSPS) is 25.5. The van der Waals surface area contributed by atoms with Gasteiger partial charge in [0.2, 0.25) is 11.8 Å². The van der Waals surface area contributed by atoms with Crippen molar-refractivity contribution >= 4 is 69.1 Å². The van der Waals surface area contributed by atoms with Gasteiger partial charge in [-0.2, -0.15) is 4.31 Å². The number of aromatic nitrogens is 4. The van der Waals surface area contributed by atoms with E-state index in [1.165, 1.54) is 13.8 Å². The van der Waals surface area contributed by atoms with Crippen molar-refractivity contribution in [2.45, 2.75) is 172 Å². The number of imidazole rings is 1. The van der Waals surface area contributed by atoms with Crippen LogP contribution in [0.4, 0.5) is 5.82 Å². The number of carbonyl (C=O) groups is 3. The van der Waals surface area contributed by atoms with Gasteiger partial charge in [-0.3, -0.25) is 32.5 Å². The Morgan fingerprint density at radius 1 is 0.905 bits per heavy atom. The highest BCUT2D eigenvalue weighted by Gasteiger charge is 2.50. The van der Waals surface area contributed by atoms with E-state index in [-0.39, 0.29) is 72.4 Å². The number of hydrogen-bond acceptors (Lipinski definition) is 23. The predicted molar refractivity (Wildman–Crippen MR) is 261 cm³/mol. The van der Waals surface area contributed by atoms with Gasteiger partial charge in [0.1, 0.15) is 42.4 Å². The lowest BCUT2D eigenvalue weighted by atomic mass is 9.87. The summed E-state index contributed by atoms with van der Waals surface area (Å²) in [5.74, 6) is -1.30. The summed E-state index contributed by atoms with van der Waals surface area (Å²) in [6, 6.07) is 0. The third-order valence-corrected chi connectivity index (χ3v) is 15.9. The quantitative estimate of drug-likeness (QED) is 0.0353. The Morgan fingerprint density at radius 3 is 2.23 bits per heavy atom. The van der Waals surface area contributed by atoms with Crippen molar-refractivity contribution in [3.63, 3.8) is 0 Å². The van der Waals surface area contributed by atoms with E-state index in [2.05, 4.69) is 34.4 Å². The number of aliphatic hydroxyl groups excluding tert-OH is 5. The van der Waals surface area contributed by atoms with Crippen molar-refractivity contribution in [2.75, 3.05) is 37.8 Å². The average Bonchev–Trinajstić information content (AvgIpc) is 3.87. The minimum atomic E-state index is -5.60. The second-order valence-electron chi connectivity index (χ2n) is 18.7. The number of nitrogens with zero attached hydrogens (tertiary/aromatic N) is 4. The van der Waals surface area contributed by atoms with Gasteiger partial charge in [0.05, 0.1) is 44.0 Å². The number of carbonyl (C=O) groups excluding carboxylic acids is 3. The number of anilines is 1. The van der Waals surface area contributed by atoms with Crippen LogP contribution in [0.3, 0.4) is 0 Å². The number of phosphoric acid groups is 3. The van der Waals surface area contributed by atoms with Crippen molar-refractivity contribution in [2.24, 2.45) is 5.41 Å². The van der Waals surface area contributed by atoms with Crippen LogP contribution in [0.2, 0.25) is 0 Å². The number of fused-ring (bicyclic) bond motifs is 1. The summed E-state index contributed by atoms with van der Waals surface area (Å²) in [5.41, 5.74) is 4.23. The zero-order valence-corrected chi connectivity index (χ0v) is 45.0. The molecular weight excluding hydrogens is 1070 g/mol. The fourth-order valence-electron chi connectivity index (χ4n) is 7.71. The third-order valence-electron chi connectivity index (χ3n) is 11.9. The van der Waals surface area contributed by atoms with Gasteiger partial charge < -0.3 is 75.7 Å². The van der Waals surface area contributed by atoms with Gasteiger partial charge in [-0.1, -0.05) is 70.6 Å². The van der Waals surface area contributed by atoms with E-state index >= 15 is 0 Å². The van der Waals surface area contributed by atoms with Gasteiger partial charge >= 0.3 is 23.5 Å². The lowest BCUT2D eigenvalue weighted by Crippen LogP contribution is -2.48. The van der Waals surface area contributed by atoms with Crippen LogP contribution in [-0.2, 0) is 60.2 Å². The van der Waals surface area contributed by atoms with Crippen molar-refractivity contribution in [1.29, 1.82) is 0 Å². The lowest BCUT2D eigenvalue weighted by molar-refractivity contribution is -0.273. The second kappa shape index (κ2) is 29.4. The van der Waals surface area contributed by atoms with Crippen LogP contribution in [0.1, 0.15) is 111 Å². The number of aliphatic hydroxyl groups is 5. The maximum absolute atomic E-state index is 12.8. The first-order valence-corrected chi connectivity index (χ1v) is 29.5. The molecular formula is C41H72N7O22P3S. The van der Waals surface area contributed by atoms with Crippen LogP contribution < -0.4 is 16.4 Å². The first-order valence-electron chi connectivity index (χ1n) is 24.0. The SMILES string of the molecule is C[C@H](CCCCCCCCC[C@@H](O)CC(=O)SCCNC(=O)CCNC(=O)[C@H](O)C(C)(C)COP(=O)(O)OP(=O)(O)OC[C@H]1O[C@@H](n2cnc3c(N)ncnc32)[C@H](O)[C@@H]1OP(=O)(O)O)O[C@@H]1O[C@@H](C)[C@H](O)C[C@H]1O. The molecule has 2 fully saturated rings. The Bertz CT molecular complexity index is 2270. The number of unbranched alkanes of at least 4 members (excludes halogenated alkanes) is 6. The standard InChI is InChI=1S/C41H72N7O22P3S/c1-24(66-40-28(51)19-27(50)25(2)67-40)12-10-8-6-5-7-9-11-13-26(49)18-31(53)74-17-16-43-30(52)14-15-44-38(56)35(55)41(3,4)21-65-73(62,63)70-72(60,61)64-20-29-34(69-71(57,58)59)33(54)39(68-29)48-23-47-32-36(42)45-22-46-37(32)48/h22-29,33-35,39-40,49-51,54-55H,5-21H2,1-4H3,(H,43,52)(H,44,56)(H,60,61)(H,62,63)(H2,42,45,46)(H2,57,58,59)/t24-,25+,26-,27-,28-,29-,33-,34-,35+,39-,40-/m1/s1. The maximum atomic E-state index is 12.8. The number of nitrogens with two attached hydrogens (primary N) is 1. The van der Waals surface area contributed by atoms with E-state index in [9.17, 15) is 73.2 Å². The molecule has 0 saturated carbocycles. The molecule has 2 aliphatic heterocycles. The van der Waals surface area contributed by atoms with Gasteiger partial charge in [0.25, 0.3) is 0 Å². The van der Waals surface area contributed by atoms with Crippen LogP contribution in [0.5, 0.6) is 0 Å². The van der Waals surface area contributed by atoms with Gasteiger partial charge in [-0.05, 0) is 26.7 Å². The molecule has 2 amide bonds. The molecule has 13 atom stereocenters. The molecule has 2 unspecified atom stereocenters. The van der Waals surface area contributed by atoms with Crippen LogP contribution in [-0.4, -0.2) is 175 Å². The number of nitrogen functional groups attached to an aromatic ring is 1. The number of thioether (sulfide) groups is 1. The van der Waals surface area contributed by atoms with Crippen LogP contribution >= 0.6 is 35.2 Å². The topological polar surface area (TPSA) is 443 Å². The zero-order valence-electron chi connectivity index (χ0n) is 41.5. The number of hydrogen-bond donors (Lipinski definition) is 12. The number of amides is 2. The molecule has 4 heterocycles. The molecule has 0 radical (unpaired) electrons. The van der Waals surface area contributed by atoms with E-state index in [1.807, 2.05) is 6.92 Å². The first kappa shape index (κ1) is 63.9. The Kier molecular flexibility index (Phi) is 25.4. The summed E-state index contributed by atoms with van der Waals surface area (Å²) in [7, 11) is -16.5. The van der Waals surface area contributed by atoms with Crippen molar-refractivity contribution in [3.05, 3.63) is 12.7 Å². The first-order chi connectivity index (χ1) is 34.6. The van der Waals surface area contributed by atoms with Crippen LogP contribution in [0, 0.1) is 5.41 Å². The molecule has 2 aromatic heterocycles. The van der Waals surface area contributed by atoms with Crippen LogP contribution in [0.15, 0.2) is 12.7 Å². The van der Waals surface area contributed by atoms with Gasteiger partial charge in [0.15, 0.2) is 29.1 Å². The van der Waals surface area contributed by atoms with Crippen LogP contribution in [0.25, 0.3) is 11.2 Å². The third kappa shape index (κ3) is 21.3. The number of rotatable bonds is 33. The largest absolute Gasteiger partial charge is 0.481 e. The smallest absolute Gasteiger partial charge is 0.393 e. The molecule has 0 aliphatic carbocycles. The summed E-state index contributed by atoms with van der Waals surface area (Å²) in [6.07, 6.45) is -2.26. The van der Waals surface area contributed by atoms with E-state index in [1.54, 1.807) is 6.92 Å². The molecule has 74 heavy (non-hydrogen) atoms. The van der Waals surface area contributed by atoms with E-state index in [4.69, 9.17) is 29.0 Å². The van der Waals surface area contributed by atoms with E-state index in [0.717, 1.165) is 80.4 Å². The van der Waals surface area contributed by atoms with Gasteiger partial charge in [-0.15, -0.1) is 0 Å². The number of ether oxygens (including phenoxy) is 3. The molecule has 424 valence electrons. The van der Waals surface area contributed by atoms with E-state index < -0.39 is 109 Å². The molecule has 29 nitrogen and oxygen atoms in total. The predicted octanol–water partition coefficient (Wildman–Crippen LogP) is 1.19. The fraction of sp³-hybridized carbons (Fsp3) is 0.805. The van der Waals surface area contributed by atoms with Crippen molar-refractivity contribution in [1.82, 2.24) is 30.2 Å². The lowest BCUT2D eigenvalue weighted by Gasteiger charge is -2.36. The van der Waals surface area contributed by atoms with E-state index in [0.29, 0.717) is 6.42 Å². The number of phosphoric ester groups is 3. The summed E-state index contributed by atoms with van der Waals surface area (Å²) in [6.45, 7) is 4.00. The molecule has 13 N–H and O–H groups in total. The van der Waals surface area contributed by atoms with Gasteiger partial charge in [-0.25, -0.2) is 28.6 Å². The summed E-state index contributed by atoms with van der Waals surface area (Å²) < 4.78 is 73.9. The Balaban J connectivity index is 1.04. The Morgan fingerprint density at radius 2 is 1.55 bits per heavy atom. The number of nitrogens with one attached hydrogen (secondary N) is 2. The minimum Gasteiger partial charge on any atom is -0.393 e. The maximum Gasteiger partial charge on any atom is 0.481 e. The average molecular weight is 1140 g/mol. The summed E-state index contributed by atoms with van der Waals surface area (Å²) in [5, 5.41) is 56.5. The minimum absolute atomic E-state index is 0.0210. The summed E-state index contributed by atoms with van der Waals surface area (Å²) in [4.78, 5) is 88.6. The molecule has 0 spiro atoms. The van der Waals surface area contributed by atoms with Crippen molar-refractivity contribution < 1.29 is 105 Å². The molecule has 4 rings (SSSR count).